The predicted molar refractivity (Wildman–Crippen MR) is 68.0 cm³/mol. The van der Waals surface area contributed by atoms with E-state index in [0.29, 0.717) is 12.3 Å². The molecule has 0 aromatic heterocycles. The van der Waals surface area contributed by atoms with E-state index >= 15 is 0 Å². The first-order valence-electron chi connectivity index (χ1n) is 5.50. The first-order valence-corrected chi connectivity index (χ1v) is 6.04. The topological polar surface area (TPSA) is 29.1 Å². The molecule has 1 aromatic carbocycles. The summed E-state index contributed by atoms with van der Waals surface area (Å²) in [5, 5.41) is 2.78. The van der Waals surface area contributed by atoms with Crippen LogP contribution in [-0.2, 0) is 0 Å². The van der Waals surface area contributed by atoms with Crippen molar-refractivity contribution in [1.29, 1.82) is 0 Å². The molecular formula is C13H17ClFNO. The molecule has 0 radical (unpaired) electrons. The van der Waals surface area contributed by atoms with Gasteiger partial charge in [0, 0.05) is 11.4 Å². The van der Waals surface area contributed by atoms with Crippen LogP contribution in [0.15, 0.2) is 18.2 Å². The lowest BCUT2D eigenvalue weighted by atomic mass is 10.0. The Kier molecular flexibility index (Phi) is 4.52. The Morgan fingerprint density at radius 2 is 2.12 bits per heavy atom. The van der Waals surface area contributed by atoms with Crippen molar-refractivity contribution in [2.24, 2.45) is 0 Å². The summed E-state index contributed by atoms with van der Waals surface area (Å²) < 4.78 is 13.5. The van der Waals surface area contributed by atoms with Gasteiger partial charge in [-0.2, -0.15) is 0 Å². The molecule has 0 saturated heterocycles. The molecule has 0 fully saturated rings. The minimum Gasteiger partial charge on any atom is -0.347 e. The highest BCUT2D eigenvalue weighted by atomic mass is 35.5. The summed E-state index contributed by atoms with van der Waals surface area (Å²) in [6.07, 6.45) is 0.633. The van der Waals surface area contributed by atoms with Gasteiger partial charge in [-0.3, -0.25) is 4.79 Å². The molecule has 1 N–H and O–H groups in total. The van der Waals surface area contributed by atoms with E-state index in [1.165, 1.54) is 6.07 Å². The van der Waals surface area contributed by atoms with Gasteiger partial charge in [0.2, 0.25) is 0 Å². The van der Waals surface area contributed by atoms with Crippen molar-refractivity contribution in [3.05, 3.63) is 35.1 Å². The number of amides is 1. The maximum Gasteiger partial charge on any atom is 0.254 e. The summed E-state index contributed by atoms with van der Waals surface area (Å²) in [4.78, 5) is 11.9. The van der Waals surface area contributed by atoms with E-state index in [0.717, 1.165) is 5.56 Å². The van der Waals surface area contributed by atoms with Crippen LogP contribution >= 0.6 is 11.6 Å². The van der Waals surface area contributed by atoms with Crippen molar-refractivity contribution in [3.8, 4) is 0 Å². The maximum absolute atomic E-state index is 13.5. The van der Waals surface area contributed by atoms with Crippen LogP contribution in [0.3, 0.4) is 0 Å². The number of carbonyl (C=O) groups excluding carboxylic acids is 1. The number of hydrogen-bond donors (Lipinski definition) is 1. The van der Waals surface area contributed by atoms with E-state index in [1.807, 2.05) is 20.8 Å². The lowest BCUT2D eigenvalue weighted by Crippen LogP contribution is -2.44. The third-order valence-electron chi connectivity index (χ3n) is 2.54. The van der Waals surface area contributed by atoms with Crippen molar-refractivity contribution in [2.75, 3.05) is 5.88 Å². The SMILES string of the molecule is Cc1ccc(F)c(C(=O)NC(C)(C)CCCl)c1. The third-order valence-corrected chi connectivity index (χ3v) is 2.73. The molecule has 0 aliphatic carbocycles. The van der Waals surface area contributed by atoms with E-state index in [-0.39, 0.29) is 5.56 Å². The average molecular weight is 258 g/mol. The molecule has 0 saturated carbocycles. The first-order chi connectivity index (χ1) is 7.85. The molecule has 0 aliphatic rings. The van der Waals surface area contributed by atoms with Crippen LogP contribution in [0.2, 0.25) is 0 Å². The largest absolute Gasteiger partial charge is 0.347 e. The van der Waals surface area contributed by atoms with E-state index in [2.05, 4.69) is 5.32 Å². The van der Waals surface area contributed by atoms with Gasteiger partial charge >= 0.3 is 0 Å². The minimum atomic E-state index is -0.505. The summed E-state index contributed by atoms with van der Waals surface area (Å²) in [6, 6.07) is 4.48. The van der Waals surface area contributed by atoms with Crippen LogP contribution in [0, 0.1) is 12.7 Å². The van der Waals surface area contributed by atoms with Gasteiger partial charge < -0.3 is 5.32 Å². The van der Waals surface area contributed by atoms with Gasteiger partial charge in [-0.1, -0.05) is 11.6 Å². The number of aryl methyl sites for hydroxylation is 1. The van der Waals surface area contributed by atoms with Gasteiger partial charge in [0.25, 0.3) is 5.91 Å². The van der Waals surface area contributed by atoms with Crippen LogP contribution in [0.25, 0.3) is 0 Å². The maximum atomic E-state index is 13.5. The van der Waals surface area contributed by atoms with Crippen LogP contribution in [0.4, 0.5) is 4.39 Å². The fraction of sp³-hybridized carbons (Fsp3) is 0.462. The van der Waals surface area contributed by atoms with Crippen LogP contribution in [0.5, 0.6) is 0 Å². The highest BCUT2D eigenvalue weighted by Gasteiger charge is 2.22. The first kappa shape index (κ1) is 14.0. The highest BCUT2D eigenvalue weighted by molar-refractivity contribution is 6.17. The van der Waals surface area contributed by atoms with Crippen molar-refractivity contribution >= 4 is 17.5 Å². The molecule has 0 atom stereocenters. The summed E-state index contributed by atoms with van der Waals surface area (Å²) in [6.45, 7) is 5.54. The molecule has 1 amide bonds. The molecule has 0 aliphatic heterocycles. The Balaban J connectivity index is 2.86. The Hall–Kier alpha value is -1.09. The molecule has 0 unspecified atom stereocenters. The van der Waals surface area contributed by atoms with Crippen LogP contribution in [-0.4, -0.2) is 17.3 Å². The lowest BCUT2D eigenvalue weighted by Gasteiger charge is -2.25. The number of nitrogens with one attached hydrogen (secondary N) is 1. The smallest absolute Gasteiger partial charge is 0.254 e. The lowest BCUT2D eigenvalue weighted by molar-refractivity contribution is 0.0907. The highest BCUT2D eigenvalue weighted by Crippen LogP contribution is 2.14. The van der Waals surface area contributed by atoms with Crippen molar-refractivity contribution in [3.63, 3.8) is 0 Å². The van der Waals surface area contributed by atoms with Crippen molar-refractivity contribution < 1.29 is 9.18 Å². The van der Waals surface area contributed by atoms with Gasteiger partial charge in [-0.15, -0.1) is 11.6 Å². The van der Waals surface area contributed by atoms with Gasteiger partial charge in [0.15, 0.2) is 0 Å². The fourth-order valence-corrected chi connectivity index (χ4v) is 1.96. The molecule has 4 heteroatoms. The summed E-state index contributed by atoms with van der Waals surface area (Å²) in [5.41, 5.74) is 0.494. The molecule has 0 spiro atoms. The quantitative estimate of drug-likeness (QED) is 0.824. The fourth-order valence-electron chi connectivity index (χ4n) is 1.49. The van der Waals surface area contributed by atoms with Gasteiger partial charge in [-0.25, -0.2) is 4.39 Å². The number of hydrogen-bond acceptors (Lipinski definition) is 1. The van der Waals surface area contributed by atoms with Gasteiger partial charge in [-0.05, 0) is 39.3 Å². The molecule has 1 aromatic rings. The summed E-state index contributed by atoms with van der Waals surface area (Å²) in [5.74, 6) is -0.458. The second-order valence-corrected chi connectivity index (χ2v) is 5.14. The molecule has 0 heterocycles. The number of alkyl halides is 1. The number of halogens is 2. The number of carbonyl (C=O) groups is 1. The summed E-state index contributed by atoms with van der Waals surface area (Å²) in [7, 11) is 0. The second-order valence-electron chi connectivity index (χ2n) is 4.76. The van der Waals surface area contributed by atoms with Crippen LogP contribution < -0.4 is 5.32 Å². The Morgan fingerprint density at radius 1 is 1.47 bits per heavy atom. The number of benzene rings is 1. The van der Waals surface area contributed by atoms with E-state index in [1.54, 1.807) is 12.1 Å². The molecule has 2 nitrogen and oxygen atoms in total. The van der Waals surface area contributed by atoms with Crippen molar-refractivity contribution in [2.45, 2.75) is 32.7 Å². The van der Waals surface area contributed by atoms with Crippen LogP contribution in [0.1, 0.15) is 36.2 Å². The normalized spacial score (nSPS) is 11.4. The van der Waals surface area contributed by atoms with Gasteiger partial charge in [0.05, 0.1) is 5.56 Å². The van der Waals surface area contributed by atoms with E-state index < -0.39 is 17.3 Å². The molecule has 17 heavy (non-hydrogen) atoms. The van der Waals surface area contributed by atoms with Gasteiger partial charge in [0.1, 0.15) is 5.82 Å². The zero-order valence-corrected chi connectivity index (χ0v) is 11.1. The predicted octanol–water partition coefficient (Wildman–Crippen LogP) is 3.27. The number of rotatable bonds is 4. The second kappa shape index (κ2) is 5.50. The Labute approximate surface area is 106 Å². The van der Waals surface area contributed by atoms with E-state index in [9.17, 15) is 9.18 Å². The van der Waals surface area contributed by atoms with Crippen molar-refractivity contribution in [1.82, 2.24) is 5.32 Å². The summed E-state index contributed by atoms with van der Waals surface area (Å²) >= 11 is 5.65. The standard InChI is InChI=1S/C13H17ClFNO/c1-9-4-5-11(15)10(8-9)12(17)16-13(2,3)6-7-14/h4-5,8H,6-7H2,1-3H3,(H,16,17). The Bertz CT molecular complexity index is 418. The molecule has 0 bridgehead atoms. The molecule has 94 valence electrons. The zero-order valence-electron chi connectivity index (χ0n) is 10.3. The molecular weight excluding hydrogens is 241 g/mol. The molecule has 1 rings (SSSR count). The Morgan fingerprint density at radius 3 is 2.71 bits per heavy atom. The minimum absolute atomic E-state index is 0.0765. The average Bonchev–Trinajstić information content (AvgIpc) is 2.20. The monoisotopic (exact) mass is 257 g/mol. The zero-order chi connectivity index (χ0) is 13.1. The van der Waals surface area contributed by atoms with E-state index in [4.69, 9.17) is 11.6 Å². The third kappa shape index (κ3) is 4.00.